The molecule has 0 amide bonds. The third kappa shape index (κ3) is 2.92. The van der Waals surface area contributed by atoms with Crippen molar-refractivity contribution in [1.82, 2.24) is 29.8 Å². The second-order valence-corrected chi connectivity index (χ2v) is 6.19. The Hall–Kier alpha value is -2.60. The number of nitrogens with zero attached hydrogens (tertiary/aromatic N) is 5. The Kier molecular flexibility index (Phi) is 4.04. The summed E-state index contributed by atoms with van der Waals surface area (Å²) in [6, 6.07) is 4.37. The number of aryl methyl sites for hydroxylation is 1. The van der Waals surface area contributed by atoms with E-state index in [1.165, 1.54) is 5.56 Å². The van der Waals surface area contributed by atoms with E-state index in [4.69, 9.17) is 0 Å². The normalized spacial score (nSPS) is 18.1. The molecule has 4 heterocycles. The zero-order valence-corrected chi connectivity index (χ0v) is 13.7. The predicted molar refractivity (Wildman–Crippen MR) is 91.0 cm³/mol. The monoisotopic (exact) mass is 320 g/mol. The topological polar surface area (TPSA) is 70.6 Å². The highest BCUT2D eigenvalue weighted by molar-refractivity contribution is 5.53. The van der Waals surface area contributed by atoms with Gasteiger partial charge in [0, 0.05) is 43.2 Å². The predicted octanol–water partition coefficient (Wildman–Crippen LogP) is 2.91. The van der Waals surface area contributed by atoms with Crippen LogP contribution in [0.3, 0.4) is 0 Å². The van der Waals surface area contributed by atoms with Gasteiger partial charge in [-0.1, -0.05) is 6.07 Å². The Morgan fingerprint density at radius 3 is 2.88 bits per heavy atom. The smallest absolute Gasteiger partial charge is 0.158 e. The van der Waals surface area contributed by atoms with Gasteiger partial charge in [-0.05, 0) is 37.9 Å². The van der Waals surface area contributed by atoms with Crippen molar-refractivity contribution in [2.45, 2.75) is 32.4 Å². The Bertz CT molecular complexity index is 813. The van der Waals surface area contributed by atoms with E-state index in [0.29, 0.717) is 0 Å². The van der Waals surface area contributed by atoms with Crippen LogP contribution >= 0.6 is 0 Å². The molecule has 1 atom stereocenters. The highest BCUT2D eigenvalue weighted by atomic mass is 15.2. The molecule has 122 valence electrons. The number of rotatable bonds is 4. The maximum Gasteiger partial charge on any atom is 0.158 e. The van der Waals surface area contributed by atoms with Crippen LogP contribution in [0.15, 0.2) is 43.1 Å². The number of likely N-dealkylation sites (tertiary alicyclic amines) is 1. The van der Waals surface area contributed by atoms with Crippen molar-refractivity contribution < 1.29 is 0 Å². The van der Waals surface area contributed by atoms with Crippen LogP contribution in [0.25, 0.3) is 11.5 Å². The number of hydrogen-bond acceptors (Lipinski definition) is 5. The van der Waals surface area contributed by atoms with Crippen LogP contribution in [-0.4, -0.2) is 36.4 Å². The van der Waals surface area contributed by atoms with Crippen molar-refractivity contribution in [2.75, 3.05) is 6.54 Å². The van der Waals surface area contributed by atoms with Crippen LogP contribution in [0.5, 0.6) is 0 Å². The van der Waals surface area contributed by atoms with E-state index < -0.39 is 0 Å². The van der Waals surface area contributed by atoms with E-state index in [1.54, 1.807) is 12.4 Å². The fourth-order valence-electron chi connectivity index (χ4n) is 3.36. The van der Waals surface area contributed by atoms with E-state index in [1.807, 2.05) is 31.6 Å². The molecule has 4 rings (SSSR count). The fourth-order valence-corrected chi connectivity index (χ4v) is 3.36. The molecule has 1 aliphatic heterocycles. The van der Waals surface area contributed by atoms with Crippen molar-refractivity contribution in [2.24, 2.45) is 0 Å². The lowest BCUT2D eigenvalue weighted by molar-refractivity contribution is 0.244. The summed E-state index contributed by atoms with van der Waals surface area (Å²) in [6.45, 7) is 3.94. The summed E-state index contributed by atoms with van der Waals surface area (Å²) in [4.78, 5) is 23.6. The molecule has 0 spiro atoms. The molecule has 1 unspecified atom stereocenters. The van der Waals surface area contributed by atoms with Crippen LogP contribution in [0.1, 0.15) is 35.8 Å². The second kappa shape index (κ2) is 6.49. The molecule has 1 saturated heterocycles. The number of nitrogens with one attached hydrogen (secondary N) is 1. The lowest BCUT2D eigenvalue weighted by atomic mass is 10.1. The highest BCUT2D eigenvalue weighted by Crippen LogP contribution is 2.35. The van der Waals surface area contributed by atoms with Gasteiger partial charge in [0.05, 0.1) is 11.7 Å². The fraction of sp³-hybridized carbons (Fsp3) is 0.333. The first-order valence-electron chi connectivity index (χ1n) is 8.27. The molecule has 1 aliphatic rings. The zero-order chi connectivity index (χ0) is 16.4. The van der Waals surface area contributed by atoms with Crippen molar-refractivity contribution >= 4 is 0 Å². The molecule has 0 radical (unpaired) electrons. The van der Waals surface area contributed by atoms with Crippen molar-refractivity contribution in [3.05, 3.63) is 60.1 Å². The molecule has 1 fully saturated rings. The quantitative estimate of drug-likeness (QED) is 0.800. The number of aromatic nitrogens is 5. The average molecular weight is 320 g/mol. The molecule has 0 aromatic carbocycles. The van der Waals surface area contributed by atoms with Gasteiger partial charge in [0.25, 0.3) is 0 Å². The van der Waals surface area contributed by atoms with Crippen LogP contribution < -0.4 is 0 Å². The summed E-state index contributed by atoms with van der Waals surface area (Å²) in [5.74, 6) is 0.795. The summed E-state index contributed by atoms with van der Waals surface area (Å²) in [5.41, 5.74) is 4.12. The molecule has 6 nitrogen and oxygen atoms in total. The summed E-state index contributed by atoms with van der Waals surface area (Å²) in [5, 5.41) is 0. The molecule has 3 aromatic heterocycles. The first-order chi connectivity index (χ1) is 11.8. The van der Waals surface area contributed by atoms with Gasteiger partial charge in [-0.25, -0.2) is 9.97 Å². The molecule has 0 bridgehead atoms. The van der Waals surface area contributed by atoms with Crippen molar-refractivity contribution in [3.8, 4) is 11.5 Å². The lowest BCUT2D eigenvalue weighted by Crippen LogP contribution is -2.24. The van der Waals surface area contributed by atoms with Gasteiger partial charge in [-0.3, -0.25) is 14.9 Å². The van der Waals surface area contributed by atoms with Gasteiger partial charge < -0.3 is 4.98 Å². The van der Waals surface area contributed by atoms with Crippen LogP contribution in [0, 0.1) is 6.92 Å². The standard InChI is InChI=1S/C18H20N6/c1-13-10-22-18(23-13)17-16(20-7-8-21-17)15-5-3-9-24(15)12-14-4-2-6-19-11-14/h2,4,6-8,10-11,15H,3,5,9,12H2,1H3,(H,22,23). The van der Waals surface area contributed by atoms with Gasteiger partial charge >= 0.3 is 0 Å². The number of hydrogen-bond donors (Lipinski definition) is 1. The summed E-state index contributed by atoms with van der Waals surface area (Å²) >= 11 is 0. The Balaban J connectivity index is 1.65. The first-order valence-corrected chi connectivity index (χ1v) is 8.27. The number of imidazole rings is 1. The minimum atomic E-state index is 0.263. The van der Waals surface area contributed by atoms with E-state index in [9.17, 15) is 0 Å². The maximum atomic E-state index is 4.66. The van der Waals surface area contributed by atoms with Gasteiger partial charge in [0.2, 0.25) is 0 Å². The third-order valence-corrected chi connectivity index (χ3v) is 4.44. The van der Waals surface area contributed by atoms with Crippen LogP contribution in [-0.2, 0) is 6.54 Å². The van der Waals surface area contributed by atoms with Gasteiger partial charge in [-0.2, -0.15) is 0 Å². The van der Waals surface area contributed by atoms with E-state index >= 15 is 0 Å². The minimum absolute atomic E-state index is 0.263. The zero-order valence-electron chi connectivity index (χ0n) is 13.7. The Morgan fingerprint density at radius 1 is 1.17 bits per heavy atom. The maximum absolute atomic E-state index is 4.66. The molecule has 1 N–H and O–H groups in total. The van der Waals surface area contributed by atoms with Crippen molar-refractivity contribution in [3.63, 3.8) is 0 Å². The first kappa shape index (κ1) is 15.0. The summed E-state index contributed by atoms with van der Waals surface area (Å²) in [6.07, 6.45) is 11.3. The second-order valence-electron chi connectivity index (χ2n) is 6.19. The molecule has 3 aromatic rings. The minimum Gasteiger partial charge on any atom is -0.341 e. The van der Waals surface area contributed by atoms with Gasteiger partial charge in [-0.15, -0.1) is 0 Å². The molecule has 0 aliphatic carbocycles. The van der Waals surface area contributed by atoms with Gasteiger partial charge in [0.1, 0.15) is 5.69 Å². The SMILES string of the molecule is Cc1cnc(-c2nccnc2C2CCCN2Cc2cccnc2)[nH]1. The van der Waals surface area contributed by atoms with Crippen LogP contribution in [0.2, 0.25) is 0 Å². The molecule has 24 heavy (non-hydrogen) atoms. The molecule has 0 saturated carbocycles. The molecular weight excluding hydrogens is 300 g/mol. The van der Waals surface area contributed by atoms with E-state index in [0.717, 1.165) is 48.8 Å². The van der Waals surface area contributed by atoms with Crippen molar-refractivity contribution in [1.29, 1.82) is 0 Å². The average Bonchev–Trinajstić information content (AvgIpc) is 3.25. The summed E-state index contributed by atoms with van der Waals surface area (Å²) in [7, 11) is 0. The molecule has 6 heteroatoms. The number of pyridine rings is 1. The van der Waals surface area contributed by atoms with E-state index in [-0.39, 0.29) is 6.04 Å². The van der Waals surface area contributed by atoms with Gasteiger partial charge in [0.15, 0.2) is 5.82 Å². The third-order valence-electron chi connectivity index (χ3n) is 4.44. The van der Waals surface area contributed by atoms with Crippen LogP contribution in [0.4, 0.5) is 0 Å². The Morgan fingerprint density at radius 2 is 2.08 bits per heavy atom. The lowest BCUT2D eigenvalue weighted by Gasteiger charge is -2.24. The Labute approximate surface area is 141 Å². The molecular formula is C18H20N6. The number of aromatic amines is 1. The summed E-state index contributed by atoms with van der Waals surface area (Å²) < 4.78 is 0. The largest absolute Gasteiger partial charge is 0.341 e. The van der Waals surface area contributed by atoms with E-state index in [2.05, 4.69) is 35.9 Å². The number of H-pyrrole nitrogens is 1. The highest BCUT2D eigenvalue weighted by Gasteiger charge is 2.30.